The summed E-state index contributed by atoms with van der Waals surface area (Å²) in [5, 5.41) is 6.11. The first-order chi connectivity index (χ1) is 11.4. The lowest BCUT2D eigenvalue weighted by atomic mass is 10.2. The lowest BCUT2D eigenvalue weighted by Gasteiger charge is -2.20. The summed E-state index contributed by atoms with van der Waals surface area (Å²) in [5.74, 6) is 0. The van der Waals surface area contributed by atoms with Crippen molar-refractivity contribution in [3.8, 4) is 0 Å². The minimum atomic E-state index is -4.76. The molecule has 0 radical (unpaired) electrons. The summed E-state index contributed by atoms with van der Waals surface area (Å²) in [7, 11) is 0. The number of hydrogen-bond acceptors (Lipinski definition) is 5. The zero-order chi connectivity index (χ0) is 17.3. The van der Waals surface area contributed by atoms with Crippen LogP contribution in [-0.4, -0.2) is 26.9 Å². The van der Waals surface area contributed by atoms with E-state index in [1.807, 2.05) is 0 Å². The quantitative estimate of drug-likeness (QED) is 0.771. The van der Waals surface area contributed by atoms with Gasteiger partial charge in [-0.2, -0.15) is 18.3 Å². The Kier molecular flexibility index (Phi) is 4.14. The van der Waals surface area contributed by atoms with Crippen LogP contribution in [0.25, 0.3) is 4.96 Å². The first kappa shape index (κ1) is 16.2. The molecule has 0 saturated heterocycles. The number of carbonyl (C=O) groups excluding carboxylic acids is 1. The van der Waals surface area contributed by atoms with Crippen LogP contribution < -0.4 is 5.32 Å². The first-order valence-corrected chi connectivity index (χ1v) is 7.56. The van der Waals surface area contributed by atoms with E-state index in [9.17, 15) is 18.0 Å². The third kappa shape index (κ3) is 3.18. The topological polar surface area (TPSA) is 68.5 Å². The summed E-state index contributed by atoms with van der Waals surface area (Å²) in [5.41, 5.74) is 0.560. The molecule has 24 heavy (non-hydrogen) atoms. The van der Waals surface area contributed by atoms with Gasteiger partial charge in [0.2, 0.25) is 11.1 Å². The molecule has 1 amide bonds. The second-order valence-electron chi connectivity index (χ2n) is 4.82. The Morgan fingerprint density at radius 2 is 2.04 bits per heavy atom. The summed E-state index contributed by atoms with van der Waals surface area (Å²) >= 11 is 0.778. The van der Waals surface area contributed by atoms with Crippen LogP contribution >= 0.6 is 11.3 Å². The number of carbonyl (C=O) groups is 1. The fourth-order valence-corrected chi connectivity index (χ4v) is 3.19. The maximum atomic E-state index is 13.4. The lowest BCUT2D eigenvalue weighted by Crippen LogP contribution is -2.28. The maximum Gasteiger partial charge on any atom is 0.430 e. The van der Waals surface area contributed by atoms with Gasteiger partial charge in [0.15, 0.2) is 0 Å². The Bertz CT molecular complexity index is 860. The monoisotopic (exact) mass is 356 g/mol. The Morgan fingerprint density at radius 3 is 2.67 bits per heavy atom. The molecule has 1 aromatic carbocycles. The predicted octanol–water partition coefficient (Wildman–Crippen LogP) is 3.95. The highest BCUT2D eigenvalue weighted by molar-refractivity contribution is 7.17. The van der Waals surface area contributed by atoms with Gasteiger partial charge in [-0.25, -0.2) is 14.3 Å². The highest BCUT2D eigenvalue weighted by Crippen LogP contribution is 2.40. The third-order valence-electron chi connectivity index (χ3n) is 3.17. The van der Waals surface area contributed by atoms with Crippen molar-refractivity contribution in [2.24, 2.45) is 0 Å². The minimum absolute atomic E-state index is 0.165. The number of hydrogen-bond donors (Lipinski definition) is 1. The van der Waals surface area contributed by atoms with Crippen molar-refractivity contribution in [1.82, 2.24) is 14.6 Å². The van der Waals surface area contributed by atoms with E-state index in [1.54, 1.807) is 18.2 Å². The van der Waals surface area contributed by atoms with E-state index < -0.39 is 18.4 Å². The number of aromatic nitrogens is 3. The van der Waals surface area contributed by atoms with Crippen molar-refractivity contribution in [2.75, 3.05) is 5.32 Å². The smallest absolute Gasteiger partial charge is 0.430 e. The van der Waals surface area contributed by atoms with Gasteiger partial charge in [-0.3, -0.25) is 5.32 Å². The highest BCUT2D eigenvalue weighted by Gasteiger charge is 2.46. The van der Waals surface area contributed by atoms with E-state index >= 15 is 0 Å². The molecule has 1 N–H and O–H groups in total. The molecular weight excluding hydrogens is 345 g/mol. The summed E-state index contributed by atoms with van der Waals surface area (Å²) in [6.07, 6.45) is -7.10. The fourth-order valence-electron chi connectivity index (χ4n) is 2.10. The van der Waals surface area contributed by atoms with E-state index in [0.29, 0.717) is 10.6 Å². The molecule has 126 valence electrons. The van der Waals surface area contributed by atoms with Gasteiger partial charge in [0.25, 0.3) is 0 Å². The Morgan fingerprint density at radius 1 is 1.33 bits per heavy atom. The van der Waals surface area contributed by atoms with E-state index in [0.717, 1.165) is 11.3 Å². The number of nitrogens with one attached hydrogen (secondary N) is 1. The molecular formula is C14H11F3N4O2S. The van der Waals surface area contributed by atoms with E-state index in [1.165, 1.54) is 29.9 Å². The molecule has 2 heterocycles. The SMILES string of the molecule is Cc1c(C(OC(=O)Nc2ccccc2)C(F)(F)F)sc2ncnn12. The third-order valence-corrected chi connectivity index (χ3v) is 4.36. The van der Waals surface area contributed by atoms with Gasteiger partial charge in [-0.15, -0.1) is 0 Å². The van der Waals surface area contributed by atoms with Crippen LogP contribution in [0.4, 0.5) is 23.7 Å². The molecule has 0 aliphatic heterocycles. The molecule has 3 aromatic rings. The number of para-hydroxylation sites is 1. The Balaban J connectivity index is 1.86. The second kappa shape index (κ2) is 6.11. The average molecular weight is 356 g/mol. The normalized spacial score (nSPS) is 13.0. The molecule has 1 unspecified atom stereocenters. The van der Waals surface area contributed by atoms with Gasteiger partial charge in [0.1, 0.15) is 6.33 Å². The summed E-state index contributed by atoms with van der Waals surface area (Å²) in [4.78, 5) is 15.8. The molecule has 0 spiro atoms. The summed E-state index contributed by atoms with van der Waals surface area (Å²) < 4.78 is 46.0. The molecule has 0 aliphatic carbocycles. The number of nitrogens with zero attached hydrogens (tertiary/aromatic N) is 3. The van der Waals surface area contributed by atoms with E-state index in [2.05, 4.69) is 20.1 Å². The number of amides is 1. The van der Waals surface area contributed by atoms with Gasteiger partial charge in [0.05, 0.1) is 10.6 Å². The van der Waals surface area contributed by atoms with Crippen molar-refractivity contribution >= 4 is 28.1 Å². The molecule has 0 aliphatic rings. The molecule has 10 heteroatoms. The van der Waals surface area contributed by atoms with Crippen molar-refractivity contribution in [2.45, 2.75) is 19.2 Å². The highest BCUT2D eigenvalue weighted by atomic mass is 32.1. The number of fused-ring (bicyclic) bond motifs is 1. The molecule has 6 nitrogen and oxygen atoms in total. The standard InChI is InChI=1S/C14H11F3N4O2S/c1-8-10(24-12-18-7-19-21(8)12)11(14(15,16)17)23-13(22)20-9-5-3-2-4-6-9/h2-7,11H,1H3,(H,20,22). The molecule has 0 fully saturated rings. The van der Waals surface area contributed by atoms with Gasteiger partial charge >= 0.3 is 12.3 Å². The number of rotatable bonds is 3. The van der Waals surface area contributed by atoms with E-state index in [4.69, 9.17) is 0 Å². The second-order valence-corrected chi connectivity index (χ2v) is 5.83. The van der Waals surface area contributed by atoms with Crippen LogP contribution in [0.2, 0.25) is 0 Å². The molecule has 1 atom stereocenters. The van der Waals surface area contributed by atoms with Crippen molar-refractivity contribution < 1.29 is 22.7 Å². The van der Waals surface area contributed by atoms with Crippen LogP contribution in [-0.2, 0) is 4.74 Å². The lowest BCUT2D eigenvalue weighted by molar-refractivity contribution is -0.204. The van der Waals surface area contributed by atoms with Crippen molar-refractivity contribution in [3.05, 3.63) is 47.2 Å². The average Bonchev–Trinajstić information content (AvgIpc) is 3.08. The number of halogens is 3. The zero-order valence-corrected chi connectivity index (χ0v) is 13.1. The van der Waals surface area contributed by atoms with Gasteiger partial charge in [-0.05, 0) is 19.1 Å². The maximum absolute atomic E-state index is 13.4. The largest absolute Gasteiger partial charge is 0.430 e. The first-order valence-electron chi connectivity index (χ1n) is 6.74. The van der Waals surface area contributed by atoms with Crippen LogP contribution in [0.3, 0.4) is 0 Å². The number of thiazole rings is 1. The van der Waals surface area contributed by atoms with Gasteiger partial charge < -0.3 is 4.74 Å². The van der Waals surface area contributed by atoms with Crippen molar-refractivity contribution in [1.29, 1.82) is 0 Å². The summed E-state index contributed by atoms with van der Waals surface area (Å²) in [6, 6.07) is 8.07. The van der Waals surface area contributed by atoms with Crippen molar-refractivity contribution in [3.63, 3.8) is 0 Å². The number of benzene rings is 1. The van der Waals surface area contributed by atoms with E-state index in [-0.39, 0.29) is 10.6 Å². The van der Waals surface area contributed by atoms with Crippen LogP contribution in [0.5, 0.6) is 0 Å². The molecule has 0 saturated carbocycles. The number of aryl methyl sites for hydroxylation is 1. The minimum Gasteiger partial charge on any atom is -0.430 e. The Hall–Kier alpha value is -2.62. The number of anilines is 1. The zero-order valence-electron chi connectivity index (χ0n) is 12.2. The van der Waals surface area contributed by atoms with Crippen LogP contribution in [0, 0.1) is 6.92 Å². The Labute approximate surface area is 137 Å². The number of ether oxygens (including phenoxy) is 1. The predicted molar refractivity (Wildman–Crippen MR) is 80.9 cm³/mol. The van der Waals surface area contributed by atoms with Crippen LogP contribution in [0.1, 0.15) is 16.7 Å². The molecule has 0 bridgehead atoms. The van der Waals surface area contributed by atoms with Gasteiger partial charge in [0, 0.05) is 5.69 Å². The molecule has 3 rings (SSSR count). The van der Waals surface area contributed by atoms with Crippen LogP contribution in [0.15, 0.2) is 36.7 Å². The fraction of sp³-hybridized carbons (Fsp3) is 0.214. The summed E-state index contributed by atoms with van der Waals surface area (Å²) in [6.45, 7) is 1.46. The molecule has 2 aromatic heterocycles. The van der Waals surface area contributed by atoms with Gasteiger partial charge in [-0.1, -0.05) is 29.5 Å². The number of alkyl halides is 3.